The van der Waals surface area contributed by atoms with Crippen LogP contribution < -0.4 is 5.32 Å². The van der Waals surface area contributed by atoms with Gasteiger partial charge in [0, 0.05) is 10.7 Å². The quantitative estimate of drug-likeness (QED) is 0.907. The second-order valence-electron chi connectivity index (χ2n) is 4.42. The van der Waals surface area contributed by atoms with Crippen molar-refractivity contribution in [3.8, 4) is 0 Å². The van der Waals surface area contributed by atoms with E-state index in [2.05, 4.69) is 5.32 Å². The summed E-state index contributed by atoms with van der Waals surface area (Å²) in [5.74, 6) is -2.46. The summed E-state index contributed by atoms with van der Waals surface area (Å²) in [6, 6.07) is 8.36. The summed E-state index contributed by atoms with van der Waals surface area (Å²) < 4.78 is 13.9. The number of amides is 1. The van der Waals surface area contributed by atoms with Gasteiger partial charge in [-0.05, 0) is 36.8 Å². The first kappa shape index (κ1) is 15.0. The van der Waals surface area contributed by atoms with E-state index in [0.29, 0.717) is 5.56 Å². The van der Waals surface area contributed by atoms with E-state index < -0.39 is 17.7 Å². The maximum absolute atomic E-state index is 13.9. The Labute approximate surface area is 125 Å². The van der Waals surface area contributed by atoms with Gasteiger partial charge in [-0.2, -0.15) is 0 Å². The molecular formula is C15H11ClFNO3. The van der Waals surface area contributed by atoms with E-state index in [1.807, 2.05) is 0 Å². The second-order valence-corrected chi connectivity index (χ2v) is 4.86. The summed E-state index contributed by atoms with van der Waals surface area (Å²) in [6.45, 7) is 1.55. The van der Waals surface area contributed by atoms with Crippen LogP contribution in [0.1, 0.15) is 26.3 Å². The lowest BCUT2D eigenvalue weighted by Gasteiger charge is -2.08. The van der Waals surface area contributed by atoms with Crippen LogP contribution in [0.5, 0.6) is 0 Å². The number of aromatic carboxylic acids is 1. The van der Waals surface area contributed by atoms with Crippen molar-refractivity contribution in [2.75, 3.05) is 5.32 Å². The van der Waals surface area contributed by atoms with Crippen LogP contribution in [0.3, 0.4) is 0 Å². The van der Waals surface area contributed by atoms with Gasteiger partial charge >= 0.3 is 5.97 Å². The number of halogens is 2. The molecular weight excluding hydrogens is 297 g/mol. The van der Waals surface area contributed by atoms with Gasteiger partial charge in [-0.25, -0.2) is 9.18 Å². The first-order valence-corrected chi connectivity index (χ1v) is 6.36. The van der Waals surface area contributed by atoms with Crippen LogP contribution in [0.4, 0.5) is 10.1 Å². The lowest BCUT2D eigenvalue weighted by molar-refractivity contribution is 0.0696. The molecule has 108 valence electrons. The second kappa shape index (κ2) is 5.93. The highest BCUT2D eigenvalue weighted by Crippen LogP contribution is 2.21. The minimum Gasteiger partial charge on any atom is -0.478 e. The zero-order chi connectivity index (χ0) is 15.6. The topological polar surface area (TPSA) is 66.4 Å². The van der Waals surface area contributed by atoms with E-state index in [-0.39, 0.29) is 21.8 Å². The monoisotopic (exact) mass is 307 g/mol. The van der Waals surface area contributed by atoms with E-state index in [0.717, 1.165) is 0 Å². The molecule has 0 aliphatic carbocycles. The first-order chi connectivity index (χ1) is 9.88. The average Bonchev–Trinajstić information content (AvgIpc) is 2.41. The number of hydrogen-bond donors (Lipinski definition) is 2. The number of carboxylic acid groups (broad SMARTS) is 1. The third kappa shape index (κ3) is 3.38. The smallest absolute Gasteiger partial charge is 0.335 e. The molecule has 2 aromatic rings. The predicted molar refractivity (Wildman–Crippen MR) is 77.5 cm³/mol. The van der Waals surface area contributed by atoms with Gasteiger partial charge < -0.3 is 10.4 Å². The Morgan fingerprint density at radius 1 is 1.24 bits per heavy atom. The van der Waals surface area contributed by atoms with Gasteiger partial charge in [0.1, 0.15) is 5.82 Å². The van der Waals surface area contributed by atoms with E-state index in [1.165, 1.54) is 24.3 Å². The number of anilines is 1. The van der Waals surface area contributed by atoms with Gasteiger partial charge in [-0.3, -0.25) is 4.79 Å². The molecule has 0 atom stereocenters. The van der Waals surface area contributed by atoms with Crippen molar-refractivity contribution in [1.29, 1.82) is 0 Å². The molecule has 21 heavy (non-hydrogen) atoms. The third-order valence-electron chi connectivity index (χ3n) is 2.84. The van der Waals surface area contributed by atoms with Gasteiger partial charge in [0.25, 0.3) is 5.91 Å². The Kier molecular flexibility index (Phi) is 4.23. The number of hydrogen-bond acceptors (Lipinski definition) is 2. The highest BCUT2D eigenvalue weighted by molar-refractivity contribution is 6.31. The molecule has 2 N–H and O–H groups in total. The highest BCUT2D eigenvalue weighted by Gasteiger charge is 2.14. The molecule has 6 heteroatoms. The lowest BCUT2D eigenvalue weighted by atomic mass is 10.1. The largest absolute Gasteiger partial charge is 0.478 e. The number of carbonyl (C=O) groups is 2. The SMILES string of the molecule is Cc1cccc(C(=O)Nc2cc(Cl)cc(C(=O)O)c2)c1F. The van der Waals surface area contributed by atoms with Crippen molar-refractivity contribution in [1.82, 2.24) is 0 Å². The molecule has 0 unspecified atom stereocenters. The molecule has 2 aromatic carbocycles. The molecule has 0 fully saturated rings. The van der Waals surface area contributed by atoms with Crippen molar-refractivity contribution in [3.05, 3.63) is 63.9 Å². The first-order valence-electron chi connectivity index (χ1n) is 5.99. The fourth-order valence-corrected chi connectivity index (χ4v) is 2.04. The number of aryl methyl sites for hydroxylation is 1. The average molecular weight is 308 g/mol. The van der Waals surface area contributed by atoms with Gasteiger partial charge in [0.15, 0.2) is 0 Å². The van der Waals surface area contributed by atoms with Crippen LogP contribution in [0.15, 0.2) is 36.4 Å². The summed E-state index contributed by atoms with van der Waals surface area (Å²) in [6.07, 6.45) is 0. The summed E-state index contributed by atoms with van der Waals surface area (Å²) in [7, 11) is 0. The van der Waals surface area contributed by atoms with E-state index in [9.17, 15) is 14.0 Å². The van der Waals surface area contributed by atoms with Crippen LogP contribution in [-0.2, 0) is 0 Å². The number of carbonyl (C=O) groups excluding carboxylic acids is 1. The molecule has 0 aliphatic rings. The Bertz CT molecular complexity index is 731. The summed E-state index contributed by atoms with van der Waals surface area (Å²) in [5.41, 5.74) is 0.347. The van der Waals surface area contributed by atoms with Crippen LogP contribution in [0, 0.1) is 12.7 Å². The molecule has 0 saturated heterocycles. The fraction of sp³-hybridized carbons (Fsp3) is 0.0667. The predicted octanol–water partition coefficient (Wildman–Crippen LogP) is 3.74. The maximum atomic E-state index is 13.9. The molecule has 2 rings (SSSR count). The van der Waals surface area contributed by atoms with Crippen LogP contribution in [0.2, 0.25) is 5.02 Å². The maximum Gasteiger partial charge on any atom is 0.335 e. The van der Waals surface area contributed by atoms with Crippen molar-refractivity contribution < 1.29 is 19.1 Å². The third-order valence-corrected chi connectivity index (χ3v) is 3.06. The zero-order valence-electron chi connectivity index (χ0n) is 11.0. The lowest BCUT2D eigenvalue weighted by Crippen LogP contribution is -2.14. The van der Waals surface area contributed by atoms with Crippen molar-refractivity contribution in [3.63, 3.8) is 0 Å². The highest BCUT2D eigenvalue weighted by atomic mass is 35.5. The van der Waals surface area contributed by atoms with Crippen LogP contribution in [0.25, 0.3) is 0 Å². The van der Waals surface area contributed by atoms with E-state index in [4.69, 9.17) is 16.7 Å². The minimum absolute atomic E-state index is 0.0671. The Hall–Kier alpha value is -2.40. The standard InChI is InChI=1S/C15H11ClFNO3/c1-8-3-2-4-12(13(8)17)14(19)18-11-6-9(15(20)21)5-10(16)7-11/h2-7H,1H3,(H,18,19)(H,20,21). The molecule has 0 radical (unpaired) electrons. The minimum atomic E-state index is -1.17. The fourth-order valence-electron chi connectivity index (χ4n) is 1.81. The molecule has 0 heterocycles. The molecule has 0 spiro atoms. The summed E-state index contributed by atoms with van der Waals surface area (Å²) in [4.78, 5) is 23.0. The van der Waals surface area contributed by atoms with Gasteiger partial charge in [-0.1, -0.05) is 23.7 Å². The van der Waals surface area contributed by atoms with Gasteiger partial charge in [0.2, 0.25) is 0 Å². The zero-order valence-corrected chi connectivity index (χ0v) is 11.7. The molecule has 0 bridgehead atoms. The summed E-state index contributed by atoms with van der Waals surface area (Å²) in [5, 5.41) is 11.5. The number of nitrogens with one attached hydrogen (secondary N) is 1. The molecule has 4 nitrogen and oxygen atoms in total. The summed E-state index contributed by atoms with van der Waals surface area (Å²) >= 11 is 5.79. The van der Waals surface area contributed by atoms with Crippen molar-refractivity contribution in [2.24, 2.45) is 0 Å². The van der Waals surface area contributed by atoms with Crippen molar-refractivity contribution >= 4 is 29.2 Å². The number of benzene rings is 2. The van der Waals surface area contributed by atoms with Crippen molar-refractivity contribution in [2.45, 2.75) is 6.92 Å². The number of carboxylic acids is 1. The molecule has 0 saturated carbocycles. The molecule has 1 amide bonds. The van der Waals surface area contributed by atoms with Crippen LogP contribution in [-0.4, -0.2) is 17.0 Å². The van der Waals surface area contributed by atoms with Crippen LogP contribution >= 0.6 is 11.6 Å². The van der Waals surface area contributed by atoms with E-state index >= 15 is 0 Å². The Morgan fingerprint density at radius 2 is 1.95 bits per heavy atom. The van der Waals surface area contributed by atoms with Gasteiger partial charge in [0.05, 0.1) is 11.1 Å². The van der Waals surface area contributed by atoms with E-state index in [1.54, 1.807) is 19.1 Å². The Balaban J connectivity index is 2.31. The number of rotatable bonds is 3. The molecule has 0 aromatic heterocycles. The molecule has 0 aliphatic heterocycles. The van der Waals surface area contributed by atoms with Gasteiger partial charge in [-0.15, -0.1) is 0 Å². The Morgan fingerprint density at radius 3 is 2.62 bits per heavy atom. The normalized spacial score (nSPS) is 10.2.